The van der Waals surface area contributed by atoms with E-state index in [1.165, 1.54) is 0 Å². The van der Waals surface area contributed by atoms with Crippen molar-refractivity contribution in [2.75, 3.05) is 0 Å². The van der Waals surface area contributed by atoms with Crippen molar-refractivity contribution < 1.29 is 4.79 Å². The second-order valence-corrected chi connectivity index (χ2v) is 4.27. The van der Waals surface area contributed by atoms with Crippen molar-refractivity contribution in [3.05, 3.63) is 11.8 Å². The molecule has 0 aromatic carbocycles. The number of ketones is 1. The molecule has 88 valence electrons. The van der Waals surface area contributed by atoms with Crippen LogP contribution in [0.1, 0.15) is 59.3 Å². The van der Waals surface area contributed by atoms with E-state index in [0.717, 1.165) is 38.5 Å². The lowest BCUT2D eigenvalue weighted by molar-refractivity contribution is -0.118. The number of carbonyl (C=O) groups excluding carboxylic acids is 1. The van der Waals surface area contributed by atoms with Gasteiger partial charge >= 0.3 is 0 Å². The maximum absolute atomic E-state index is 11.8. The molecule has 0 fully saturated rings. The smallest absolute Gasteiger partial charge is 0.160 e. The van der Waals surface area contributed by atoms with Crippen LogP contribution >= 0.6 is 0 Å². The first kappa shape index (κ1) is 14.2. The van der Waals surface area contributed by atoms with Crippen LogP contribution in [0.2, 0.25) is 0 Å². The third-order valence-electron chi connectivity index (χ3n) is 2.58. The average molecular weight is 211 g/mol. The van der Waals surface area contributed by atoms with Crippen LogP contribution in [0.3, 0.4) is 0 Å². The van der Waals surface area contributed by atoms with Crippen molar-refractivity contribution in [3.8, 4) is 0 Å². The molecule has 0 aromatic heterocycles. The highest BCUT2D eigenvalue weighted by Crippen LogP contribution is 2.18. The predicted octanol–water partition coefficient (Wildman–Crippen LogP) is 3.41. The van der Waals surface area contributed by atoms with E-state index in [1.807, 2.05) is 0 Å². The van der Waals surface area contributed by atoms with Crippen LogP contribution in [-0.4, -0.2) is 5.78 Å². The van der Waals surface area contributed by atoms with Crippen LogP contribution in [0.4, 0.5) is 0 Å². The van der Waals surface area contributed by atoms with Crippen LogP contribution in [0.25, 0.3) is 0 Å². The number of nitrogens with two attached hydrogens (primary N) is 1. The van der Waals surface area contributed by atoms with Crippen molar-refractivity contribution in [3.63, 3.8) is 0 Å². The molecule has 0 amide bonds. The largest absolute Gasteiger partial charge is 0.402 e. The summed E-state index contributed by atoms with van der Waals surface area (Å²) in [4.78, 5) is 11.8. The number of rotatable bonds is 8. The Morgan fingerprint density at radius 1 is 1.20 bits per heavy atom. The monoisotopic (exact) mass is 211 g/mol. The summed E-state index contributed by atoms with van der Waals surface area (Å²) in [5, 5.41) is 0. The zero-order chi connectivity index (χ0) is 11.7. The highest BCUT2D eigenvalue weighted by atomic mass is 16.1. The number of hydrogen-bond donors (Lipinski definition) is 1. The lowest BCUT2D eigenvalue weighted by Gasteiger charge is -2.12. The van der Waals surface area contributed by atoms with Gasteiger partial charge in [0.25, 0.3) is 0 Å². The molecular formula is C13H25NO. The van der Waals surface area contributed by atoms with E-state index in [1.54, 1.807) is 13.0 Å². The zero-order valence-electron chi connectivity index (χ0n) is 10.4. The highest BCUT2D eigenvalue weighted by Gasteiger charge is 2.14. The fourth-order valence-electron chi connectivity index (χ4n) is 1.67. The molecule has 0 aliphatic heterocycles. The van der Waals surface area contributed by atoms with Crippen LogP contribution in [0.5, 0.6) is 0 Å². The summed E-state index contributed by atoms with van der Waals surface area (Å²) < 4.78 is 0. The molecule has 0 aromatic rings. The van der Waals surface area contributed by atoms with Crippen molar-refractivity contribution in [1.29, 1.82) is 0 Å². The molecule has 0 atom stereocenters. The van der Waals surface area contributed by atoms with Crippen molar-refractivity contribution in [2.45, 2.75) is 59.3 Å². The van der Waals surface area contributed by atoms with Gasteiger partial charge in [-0.05, 0) is 25.8 Å². The SMILES string of the molecule is CCCCC(CCCC)C(=O)/C=C(/C)N. The zero-order valence-corrected chi connectivity index (χ0v) is 10.4. The van der Waals surface area contributed by atoms with Gasteiger partial charge in [0.15, 0.2) is 5.78 Å². The first-order valence-electron chi connectivity index (χ1n) is 6.09. The second-order valence-electron chi connectivity index (χ2n) is 4.27. The number of allylic oxidation sites excluding steroid dienone is 2. The van der Waals surface area contributed by atoms with Gasteiger partial charge in [-0.15, -0.1) is 0 Å². The van der Waals surface area contributed by atoms with Gasteiger partial charge in [0, 0.05) is 11.6 Å². The van der Waals surface area contributed by atoms with Crippen LogP contribution in [0, 0.1) is 5.92 Å². The van der Waals surface area contributed by atoms with Crippen LogP contribution in [-0.2, 0) is 4.79 Å². The standard InChI is InChI=1S/C13H25NO/c1-4-6-8-12(9-7-5-2)13(15)10-11(3)14/h10,12H,4-9,14H2,1-3H3/b11-10-. The topological polar surface area (TPSA) is 43.1 Å². The highest BCUT2D eigenvalue weighted by molar-refractivity contribution is 5.92. The lowest BCUT2D eigenvalue weighted by atomic mass is 9.91. The predicted molar refractivity (Wildman–Crippen MR) is 65.5 cm³/mol. The average Bonchev–Trinajstić information content (AvgIpc) is 2.17. The van der Waals surface area contributed by atoms with Gasteiger partial charge in [0.05, 0.1) is 0 Å². The Hall–Kier alpha value is -0.790. The second kappa shape index (κ2) is 8.51. The summed E-state index contributed by atoms with van der Waals surface area (Å²) in [7, 11) is 0. The van der Waals surface area contributed by atoms with Crippen LogP contribution < -0.4 is 5.73 Å². The van der Waals surface area contributed by atoms with Gasteiger partial charge in [-0.1, -0.05) is 39.5 Å². The summed E-state index contributed by atoms with van der Waals surface area (Å²) in [5.74, 6) is 0.417. The summed E-state index contributed by atoms with van der Waals surface area (Å²) in [6.07, 6.45) is 8.20. The van der Waals surface area contributed by atoms with Gasteiger partial charge in [0.2, 0.25) is 0 Å². The third kappa shape index (κ3) is 7.18. The summed E-state index contributed by atoms with van der Waals surface area (Å²) in [5.41, 5.74) is 6.15. The molecule has 0 aliphatic rings. The molecule has 2 heteroatoms. The molecule has 0 unspecified atom stereocenters. The molecule has 2 N–H and O–H groups in total. The fourth-order valence-corrected chi connectivity index (χ4v) is 1.67. The van der Waals surface area contributed by atoms with E-state index in [0.29, 0.717) is 5.70 Å². The Kier molecular flexibility index (Phi) is 8.06. The maximum atomic E-state index is 11.8. The molecule has 0 saturated heterocycles. The Morgan fingerprint density at radius 2 is 1.67 bits per heavy atom. The lowest BCUT2D eigenvalue weighted by Crippen LogP contribution is -2.13. The molecule has 0 radical (unpaired) electrons. The number of carbonyl (C=O) groups is 1. The first-order valence-corrected chi connectivity index (χ1v) is 6.09. The van der Waals surface area contributed by atoms with E-state index >= 15 is 0 Å². The molecular weight excluding hydrogens is 186 g/mol. The van der Waals surface area contributed by atoms with Gasteiger partial charge in [-0.3, -0.25) is 4.79 Å². The minimum Gasteiger partial charge on any atom is -0.402 e. The van der Waals surface area contributed by atoms with Crippen molar-refractivity contribution >= 4 is 5.78 Å². The summed E-state index contributed by atoms with van der Waals surface area (Å²) >= 11 is 0. The van der Waals surface area contributed by atoms with E-state index < -0.39 is 0 Å². The Morgan fingerprint density at radius 3 is 2.00 bits per heavy atom. The minimum atomic E-state index is 0.198. The molecule has 0 rings (SSSR count). The van der Waals surface area contributed by atoms with E-state index in [9.17, 15) is 4.79 Å². The third-order valence-corrected chi connectivity index (χ3v) is 2.58. The normalized spacial score (nSPS) is 12.1. The molecule has 2 nitrogen and oxygen atoms in total. The fraction of sp³-hybridized carbons (Fsp3) is 0.769. The first-order chi connectivity index (χ1) is 7.11. The number of unbranched alkanes of at least 4 members (excludes halogenated alkanes) is 2. The Balaban J connectivity index is 4.20. The van der Waals surface area contributed by atoms with Crippen molar-refractivity contribution in [1.82, 2.24) is 0 Å². The summed E-state index contributed by atoms with van der Waals surface area (Å²) in [6, 6.07) is 0. The minimum absolute atomic E-state index is 0.198. The number of hydrogen-bond acceptors (Lipinski definition) is 2. The van der Waals surface area contributed by atoms with E-state index in [2.05, 4.69) is 13.8 Å². The molecule has 0 bridgehead atoms. The van der Waals surface area contributed by atoms with E-state index in [-0.39, 0.29) is 11.7 Å². The maximum Gasteiger partial charge on any atom is 0.160 e. The molecule has 0 saturated carbocycles. The molecule has 0 aliphatic carbocycles. The molecule has 15 heavy (non-hydrogen) atoms. The molecule has 0 spiro atoms. The van der Waals surface area contributed by atoms with Crippen LogP contribution in [0.15, 0.2) is 11.8 Å². The summed E-state index contributed by atoms with van der Waals surface area (Å²) in [6.45, 7) is 6.09. The Bertz CT molecular complexity index is 197. The van der Waals surface area contributed by atoms with Gasteiger partial charge in [-0.25, -0.2) is 0 Å². The van der Waals surface area contributed by atoms with Gasteiger partial charge < -0.3 is 5.73 Å². The molecule has 0 heterocycles. The van der Waals surface area contributed by atoms with E-state index in [4.69, 9.17) is 5.73 Å². The van der Waals surface area contributed by atoms with Crippen molar-refractivity contribution in [2.24, 2.45) is 11.7 Å². The quantitative estimate of drug-likeness (QED) is 0.625. The van der Waals surface area contributed by atoms with Gasteiger partial charge in [-0.2, -0.15) is 0 Å². The van der Waals surface area contributed by atoms with Gasteiger partial charge in [0.1, 0.15) is 0 Å². The Labute approximate surface area is 93.9 Å².